The van der Waals surface area contributed by atoms with E-state index in [0.29, 0.717) is 19.3 Å². The van der Waals surface area contributed by atoms with Crippen LogP contribution in [0, 0.1) is 0 Å². The molecule has 0 aromatic heterocycles. The van der Waals surface area contributed by atoms with Crippen molar-refractivity contribution in [2.45, 2.75) is 373 Å². The van der Waals surface area contributed by atoms with Crippen LogP contribution in [0.5, 0.6) is 0 Å². The van der Waals surface area contributed by atoms with E-state index in [9.17, 15) is 43.5 Å². The van der Waals surface area contributed by atoms with Crippen molar-refractivity contribution < 1.29 is 75.8 Å². The van der Waals surface area contributed by atoms with Crippen molar-refractivity contribution in [2.24, 2.45) is 0 Å². The lowest BCUT2D eigenvalue weighted by Gasteiger charge is -2.21. The van der Waals surface area contributed by atoms with Crippen LogP contribution >= 0.6 is 15.6 Å². The van der Waals surface area contributed by atoms with E-state index in [-0.39, 0.29) is 19.3 Å². The molecule has 5 atom stereocenters. The Balaban J connectivity index is 4.48. The molecular formula is C91H156O16P2. The first-order valence-corrected chi connectivity index (χ1v) is 46.1. The number of esters is 3. The van der Waals surface area contributed by atoms with E-state index in [1.807, 2.05) is 0 Å². The quantitative estimate of drug-likeness (QED) is 0.0146. The van der Waals surface area contributed by atoms with Crippen LogP contribution in [-0.2, 0) is 55.8 Å². The zero-order chi connectivity index (χ0) is 79.4. The highest BCUT2D eigenvalue weighted by molar-refractivity contribution is 7.47. The number of carbonyl (C=O) groups is 3. The van der Waals surface area contributed by atoms with E-state index in [4.69, 9.17) is 32.3 Å². The zero-order valence-electron chi connectivity index (χ0n) is 68.7. The molecule has 0 aliphatic rings. The molecule has 0 aliphatic carbocycles. The first-order chi connectivity index (χ1) is 53.2. The van der Waals surface area contributed by atoms with E-state index in [0.717, 1.165) is 167 Å². The van der Waals surface area contributed by atoms with Crippen LogP contribution in [0.4, 0.5) is 0 Å². The maximum atomic E-state index is 13.0. The minimum atomic E-state index is -4.94. The fraction of sp³-hybridized carbons (Fsp3) is 0.703. The van der Waals surface area contributed by atoms with Crippen molar-refractivity contribution in [1.29, 1.82) is 0 Å². The van der Waals surface area contributed by atoms with Gasteiger partial charge in [-0.3, -0.25) is 32.5 Å². The minimum Gasteiger partial charge on any atom is -0.463 e. The molecule has 0 aliphatic heterocycles. The predicted molar refractivity (Wildman–Crippen MR) is 454 cm³/mol. The number of aliphatic hydroxyl groups is 2. The number of phosphoric acid groups is 2. The number of hydrogen-bond donors (Lipinski definition) is 4. The van der Waals surface area contributed by atoms with Crippen LogP contribution < -0.4 is 0 Å². The smallest absolute Gasteiger partial charge is 0.463 e. The average Bonchev–Trinajstić information content (AvgIpc) is 0.903. The molecule has 109 heavy (non-hydrogen) atoms. The number of unbranched alkanes of at least 4 members (excludes halogenated alkanes) is 34. The van der Waals surface area contributed by atoms with Gasteiger partial charge in [0.25, 0.3) is 0 Å². The molecule has 18 heteroatoms. The lowest BCUT2D eigenvalue weighted by molar-refractivity contribution is -0.161. The number of allylic oxidation sites excluding steroid dienone is 24. The second-order valence-corrected chi connectivity index (χ2v) is 31.5. The number of carbonyl (C=O) groups excluding carboxylic acids is 3. The number of hydrogen-bond acceptors (Lipinski definition) is 14. The van der Waals surface area contributed by atoms with Gasteiger partial charge in [-0.1, -0.05) is 340 Å². The topological polar surface area (TPSA) is 231 Å². The van der Waals surface area contributed by atoms with E-state index in [1.54, 1.807) is 0 Å². The summed E-state index contributed by atoms with van der Waals surface area (Å²) in [6.45, 7) is 2.46. The first kappa shape index (κ1) is 104. The summed E-state index contributed by atoms with van der Waals surface area (Å²) in [5.41, 5.74) is 0. The van der Waals surface area contributed by atoms with E-state index in [2.05, 4.69) is 167 Å². The molecule has 0 bridgehead atoms. The zero-order valence-corrected chi connectivity index (χ0v) is 70.5. The standard InChI is InChI=1S/C91H156O16P2/c1-4-7-10-13-16-19-22-25-28-30-32-34-36-38-39-40-41-42-43-44-45-47-49-50-52-54-57-59-62-65-68-71-74-77-89(94)101-80-86(92)81-103-108(97,98)104-82-87(93)83-105-109(99,100)106-85-88(107-91(96)79-76-73-70-67-64-61-56-27-24-21-18-15-12-9-6-3)84-102-90(95)78-75-72-69-66-63-60-58-55-53-51-48-46-37-35-33-31-29-26-23-20-17-14-11-8-5-2/h7-8,10-11,16-17,19-20,25-29,32-35,38-39,41-42,46,48,56,86-88,92-93H,4-6,9,12-15,18,21-24,30-31,36-37,40,43-45,47,49-55,57-85H2,1-3H3,(H,97,98)(H,99,100)/b10-7-,11-8-,19-16-,20-17-,28-25-,29-26-,34-32-,35-33-,39-38-,42-41-,48-46-,56-27-. The van der Waals surface area contributed by atoms with Gasteiger partial charge in [-0.25, -0.2) is 9.13 Å². The monoisotopic (exact) mass is 1570 g/mol. The highest BCUT2D eigenvalue weighted by Crippen LogP contribution is 2.45. The maximum Gasteiger partial charge on any atom is 0.472 e. The predicted octanol–water partition coefficient (Wildman–Crippen LogP) is 26.0. The van der Waals surface area contributed by atoms with Crippen LogP contribution in [0.25, 0.3) is 0 Å². The van der Waals surface area contributed by atoms with Gasteiger partial charge in [-0.05, 0) is 141 Å². The largest absolute Gasteiger partial charge is 0.472 e. The molecule has 16 nitrogen and oxygen atoms in total. The second kappa shape index (κ2) is 82.9. The summed E-state index contributed by atoms with van der Waals surface area (Å²) < 4.78 is 61.3. The molecule has 0 aromatic carbocycles. The fourth-order valence-corrected chi connectivity index (χ4v) is 13.1. The molecule has 0 fully saturated rings. The Morgan fingerprint density at radius 2 is 0.486 bits per heavy atom. The molecule has 5 unspecified atom stereocenters. The lowest BCUT2D eigenvalue weighted by Crippen LogP contribution is -2.30. The summed E-state index contributed by atoms with van der Waals surface area (Å²) in [6.07, 6.45) is 103. The van der Waals surface area contributed by atoms with Crippen molar-refractivity contribution in [3.63, 3.8) is 0 Å². The molecule has 0 rings (SSSR count). The third kappa shape index (κ3) is 84.2. The molecule has 0 amide bonds. The van der Waals surface area contributed by atoms with Gasteiger partial charge >= 0.3 is 33.6 Å². The molecule has 626 valence electrons. The molecule has 0 aromatic rings. The van der Waals surface area contributed by atoms with Crippen molar-refractivity contribution in [1.82, 2.24) is 0 Å². The number of ether oxygens (including phenoxy) is 3. The number of aliphatic hydroxyl groups excluding tert-OH is 2. The van der Waals surface area contributed by atoms with Gasteiger partial charge in [0, 0.05) is 19.3 Å². The van der Waals surface area contributed by atoms with E-state index >= 15 is 0 Å². The molecule has 0 spiro atoms. The van der Waals surface area contributed by atoms with Gasteiger partial charge in [0.15, 0.2) is 6.10 Å². The third-order valence-corrected chi connectivity index (χ3v) is 19.9. The van der Waals surface area contributed by atoms with Crippen molar-refractivity contribution >= 4 is 33.6 Å². The molecule has 4 N–H and O–H groups in total. The van der Waals surface area contributed by atoms with E-state index in [1.165, 1.54) is 128 Å². The number of rotatable bonds is 81. The van der Waals surface area contributed by atoms with Crippen molar-refractivity contribution in [2.75, 3.05) is 39.6 Å². The Morgan fingerprint density at radius 1 is 0.266 bits per heavy atom. The first-order valence-electron chi connectivity index (χ1n) is 43.1. The van der Waals surface area contributed by atoms with E-state index < -0.39 is 91.5 Å². The highest BCUT2D eigenvalue weighted by Gasteiger charge is 2.29. The van der Waals surface area contributed by atoms with Gasteiger partial charge < -0.3 is 34.2 Å². The average molecular weight is 1570 g/mol. The van der Waals surface area contributed by atoms with Crippen LogP contribution in [-0.4, -0.2) is 95.9 Å². The normalized spacial score (nSPS) is 14.6. The van der Waals surface area contributed by atoms with Gasteiger partial charge in [-0.15, -0.1) is 0 Å². The van der Waals surface area contributed by atoms with Gasteiger partial charge in [0.1, 0.15) is 25.4 Å². The number of phosphoric ester groups is 2. The van der Waals surface area contributed by atoms with Crippen LogP contribution in [0.3, 0.4) is 0 Å². The fourth-order valence-electron chi connectivity index (χ4n) is 11.5. The van der Waals surface area contributed by atoms with Crippen LogP contribution in [0.2, 0.25) is 0 Å². The summed E-state index contributed by atoms with van der Waals surface area (Å²) in [5, 5.41) is 20.7. The van der Waals surface area contributed by atoms with Crippen LogP contribution in [0.15, 0.2) is 146 Å². The lowest BCUT2D eigenvalue weighted by atomic mass is 10.0. The molecule has 0 saturated carbocycles. The maximum absolute atomic E-state index is 13.0. The third-order valence-electron chi connectivity index (χ3n) is 18.0. The molecule has 0 saturated heterocycles. The van der Waals surface area contributed by atoms with Crippen LogP contribution in [0.1, 0.15) is 355 Å². The molecular weight excluding hydrogens is 1410 g/mol. The van der Waals surface area contributed by atoms with Gasteiger partial charge in [0.05, 0.1) is 26.4 Å². The highest BCUT2D eigenvalue weighted by atomic mass is 31.2. The SMILES string of the molecule is CC/C=C\C/C=C\C/C=C\C/C=C\C/C=C\C/C=C\CCCCCCCCCCCCCCCCC(=O)OCC(O)COP(=O)(O)OCC(O)COP(=O)(O)OCC(COC(=O)CCCCCCCCCCC/C=C\C/C=C\C/C=C\C/C=C\C/C=C\CC)OC(=O)CCCCCCC/C=C\CCCCCCCC. The van der Waals surface area contributed by atoms with Crippen molar-refractivity contribution in [3.05, 3.63) is 146 Å². The molecule has 0 heterocycles. The Morgan fingerprint density at radius 3 is 0.780 bits per heavy atom. The molecule has 0 radical (unpaired) electrons. The summed E-state index contributed by atoms with van der Waals surface area (Å²) in [4.78, 5) is 58.8. The minimum absolute atomic E-state index is 0.0919. The summed E-state index contributed by atoms with van der Waals surface area (Å²) in [5.74, 6) is -1.58. The Hall–Kier alpha value is -4.57. The summed E-state index contributed by atoms with van der Waals surface area (Å²) in [7, 11) is -9.80. The van der Waals surface area contributed by atoms with Crippen molar-refractivity contribution in [3.8, 4) is 0 Å². The Kier molecular flexibility index (Phi) is 79.4. The Labute approximate surface area is 664 Å². The summed E-state index contributed by atoms with van der Waals surface area (Å²) >= 11 is 0. The second-order valence-electron chi connectivity index (χ2n) is 28.6. The Bertz CT molecular complexity index is 2560. The van der Waals surface area contributed by atoms with Gasteiger partial charge in [0.2, 0.25) is 0 Å². The van der Waals surface area contributed by atoms with Gasteiger partial charge in [-0.2, -0.15) is 0 Å². The summed E-state index contributed by atoms with van der Waals surface area (Å²) in [6, 6.07) is 0.